The summed E-state index contributed by atoms with van der Waals surface area (Å²) in [5.74, 6) is 3.11. The monoisotopic (exact) mass is 258 g/mol. The van der Waals surface area contributed by atoms with Crippen molar-refractivity contribution in [3.63, 3.8) is 0 Å². The van der Waals surface area contributed by atoms with E-state index in [-0.39, 0.29) is 0 Å². The fourth-order valence-electron chi connectivity index (χ4n) is 3.58. The molecule has 1 saturated heterocycles. The van der Waals surface area contributed by atoms with Gasteiger partial charge in [-0.25, -0.2) is 0 Å². The summed E-state index contributed by atoms with van der Waals surface area (Å²) in [6.07, 6.45) is 3.72. The lowest BCUT2D eigenvalue weighted by Crippen LogP contribution is -2.38. The number of benzene rings is 1. The van der Waals surface area contributed by atoms with Gasteiger partial charge in [-0.1, -0.05) is 6.07 Å². The van der Waals surface area contributed by atoms with Gasteiger partial charge in [0.05, 0.1) is 0 Å². The Morgan fingerprint density at radius 1 is 1.28 bits per heavy atom. The van der Waals surface area contributed by atoms with E-state index in [0.29, 0.717) is 0 Å². The van der Waals surface area contributed by atoms with E-state index in [9.17, 15) is 0 Å². The smallest absolute Gasteiger partial charge is 0.110 e. The Bertz CT molecular complexity index is 594. The SMILES string of the molecule is SCCc1ccc2[nH]c3c(c2c1)C1CCN3CC1. The predicted molar refractivity (Wildman–Crippen MR) is 80.0 cm³/mol. The summed E-state index contributed by atoms with van der Waals surface area (Å²) < 4.78 is 0. The number of hydrogen-bond acceptors (Lipinski definition) is 2. The maximum Gasteiger partial charge on any atom is 0.110 e. The standard InChI is InChI=1S/C15H18N2S/c18-8-5-10-1-2-13-12(9-10)14-11-3-6-17(7-4-11)15(14)16-13/h1-2,9,11,16,18H,3-8H2. The number of piperidine rings is 1. The highest BCUT2D eigenvalue weighted by atomic mass is 32.1. The third kappa shape index (κ3) is 1.43. The number of aromatic nitrogens is 1. The van der Waals surface area contributed by atoms with Gasteiger partial charge in [0.2, 0.25) is 0 Å². The Hall–Kier alpha value is -1.09. The van der Waals surface area contributed by atoms with Gasteiger partial charge in [0, 0.05) is 29.6 Å². The largest absolute Gasteiger partial charge is 0.358 e. The summed E-state index contributed by atoms with van der Waals surface area (Å²) in [5.41, 5.74) is 4.31. The van der Waals surface area contributed by atoms with Gasteiger partial charge in [-0.2, -0.15) is 12.6 Å². The highest BCUT2D eigenvalue weighted by Gasteiger charge is 2.33. The molecule has 0 amide bonds. The van der Waals surface area contributed by atoms with Crippen molar-refractivity contribution in [1.82, 2.24) is 4.98 Å². The van der Waals surface area contributed by atoms with Crippen LogP contribution in [0.1, 0.15) is 29.9 Å². The van der Waals surface area contributed by atoms with Gasteiger partial charge in [-0.3, -0.25) is 0 Å². The number of fused-ring (bicyclic) bond motifs is 3. The topological polar surface area (TPSA) is 19.0 Å². The lowest BCUT2D eigenvalue weighted by Gasteiger charge is -2.40. The molecular formula is C15H18N2S. The molecule has 0 radical (unpaired) electrons. The van der Waals surface area contributed by atoms with Gasteiger partial charge in [-0.15, -0.1) is 0 Å². The van der Waals surface area contributed by atoms with Crippen LogP contribution in [0, 0.1) is 0 Å². The lowest BCUT2D eigenvalue weighted by molar-refractivity contribution is 0.475. The van der Waals surface area contributed by atoms with E-state index < -0.39 is 0 Å². The van der Waals surface area contributed by atoms with Crippen LogP contribution in [0.15, 0.2) is 18.2 Å². The first-order valence-corrected chi connectivity index (χ1v) is 7.50. The molecule has 0 unspecified atom stereocenters. The van der Waals surface area contributed by atoms with E-state index >= 15 is 0 Å². The Morgan fingerprint density at radius 2 is 2.11 bits per heavy atom. The average Bonchev–Trinajstić information content (AvgIpc) is 2.81. The molecular weight excluding hydrogens is 240 g/mol. The molecule has 3 aliphatic rings. The van der Waals surface area contributed by atoms with Gasteiger partial charge in [-0.05, 0) is 48.6 Å². The van der Waals surface area contributed by atoms with E-state index in [1.807, 2.05) is 0 Å². The number of nitrogens with zero attached hydrogens (tertiary/aromatic N) is 1. The number of anilines is 1. The zero-order valence-electron chi connectivity index (χ0n) is 10.4. The van der Waals surface area contributed by atoms with Crippen molar-refractivity contribution < 1.29 is 0 Å². The zero-order valence-corrected chi connectivity index (χ0v) is 11.3. The fraction of sp³-hybridized carbons (Fsp3) is 0.467. The van der Waals surface area contributed by atoms with E-state index in [2.05, 4.69) is 40.7 Å². The van der Waals surface area contributed by atoms with Crippen LogP contribution in [0.4, 0.5) is 5.82 Å². The van der Waals surface area contributed by atoms with Crippen molar-refractivity contribution in [3.05, 3.63) is 29.3 Å². The van der Waals surface area contributed by atoms with Crippen molar-refractivity contribution in [1.29, 1.82) is 0 Å². The van der Waals surface area contributed by atoms with Gasteiger partial charge >= 0.3 is 0 Å². The Labute approximate surface area is 113 Å². The Kier molecular flexibility index (Phi) is 2.37. The molecule has 1 aromatic heterocycles. The lowest BCUT2D eigenvalue weighted by atomic mass is 9.84. The molecule has 1 N–H and O–H groups in total. The van der Waals surface area contributed by atoms with Crippen molar-refractivity contribution in [2.24, 2.45) is 0 Å². The molecule has 1 aromatic carbocycles. The number of thiol groups is 1. The van der Waals surface area contributed by atoms with Crippen LogP contribution in [-0.4, -0.2) is 23.8 Å². The van der Waals surface area contributed by atoms with Crippen molar-refractivity contribution >= 4 is 29.3 Å². The summed E-state index contributed by atoms with van der Waals surface area (Å²) in [6.45, 7) is 2.46. The van der Waals surface area contributed by atoms with Crippen LogP contribution in [0.3, 0.4) is 0 Å². The van der Waals surface area contributed by atoms with Crippen LogP contribution in [0.5, 0.6) is 0 Å². The predicted octanol–water partition coefficient (Wildman–Crippen LogP) is 3.34. The number of nitrogens with one attached hydrogen (secondary N) is 1. The molecule has 0 atom stereocenters. The van der Waals surface area contributed by atoms with Crippen LogP contribution in [0.2, 0.25) is 0 Å². The highest BCUT2D eigenvalue weighted by molar-refractivity contribution is 7.80. The van der Waals surface area contributed by atoms with Crippen LogP contribution in [-0.2, 0) is 6.42 Å². The second-order valence-electron chi connectivity index (χ2n) is 5.50. The molecule has 2 nitrogen and oxygen atoms in total. The van der Waals surface area contributed by atoms with E-state index in [1.165, 1.54) is 48.2 Å². The van der Waals surface area contributed by atoms with Gasteiger partial charge in [0.15, 0.2) is 0 Å². The molecule has 5 rings (SSSR count). The minimum Gasteiger partial charge on any atom is -0.358 e. The number of hydrogen-bond donors (Lipinski definition) is 2. The van der Waals surface area contributed by atoms with E-state index in [4.69, 9.17) is 0 Å². The summed E-state index contributed by atoms with van der Waals surface area (Å²) in [5, 5.41) is 1.46. The molecule has 94 valence electrons. The molecule has 0 aliphatic carbocycles. The number of rotatable bonds is 2. The van der Waals surface area contributed by atoms with Gasteiger partial charge in [0.1, 0.15) is 5.82 Å². The summed E-state index contributed by atoms with van der Waals surface area (Å²) in [6, 6.07) is 6.85. The molecule has 2 bridgehead atoms. The summed E-state index contributed by atoms with van der Waals surface area (Å²) >= 11 is 4.34. The Balaban J connectivity index is 1.93. The fourth-order valence-corrected chi connectivity index (χ4v) is 3.84. The van der Waals surface area contributed by atoms with Gasteiger partial charge in [0.25, 0.3) is 0 Å². The molecule has 18 heavy (non-hydrogen) atoms. The maximum atomic E-state index is 4.34. The third-order valence-electron chi connectivity index (χ3n) is 4.50. The highest BCUT2D eigenvalue weighted by Crippen LogP contribution is 2.45. The minimum absolute atomic E-state index is 0.782. The van der Waals surface area contributed by atoms with Crippen LogP contribution >= 0.6 is 12.6 Å². The molecule has 0 spiro atoms. The Morgan fingerprint density at radius 3 is 2.89 bits per heavy atom. The second kappa shape index (κ2) is 3.95. The number of aryl methyl sites for hydroxylation is 1. The molecule has 3 aliphatic heterocycles. The van der Waals surface area contributed by atoms with Crippen LogP contribution < -0.4 is 4.90 Å². The maximum absolute atomic E-state index is 4.34. The van der Waals surface area contributed by atoms with Crippen molar-refractivity contribution in [2.75, 3.05) is 23.7 Å². The first-order valence-electron chi connectivity index (χ1n) is 6.87. The van der Waals surface area contributed by atoms with Crippen molar-refractivity contribution in [3.8, 4) is 0 Å². The molecule has 4 heterocycles. The average molecular weight is 258 g/mol. The number of H-pyrrole nitrogens is 1. The quantitative estimate of drug-likeness (QED) is 0.791. The molecule has 0 saturated carbocycles. The first-order chi connectivity index (χ1) is 8.86. The normalized spacial score (nSPS) is 18.6. The van der Waals surface area contributed by atoms with E-state index in [1.54, 1.807) is 5.56 Å². The minimum atomic E-state index is 0.782. The third-order valence-corrected chi connectivity index (χ3v) is 4.73. The van der Waals surface area contributed by atoms with Crippen molar-refractivity contribution in [2.45, 2.75) is 25.2 Å². The van der Waals surface area contributed by atoms with Gasteiger partial charge < -0.3 is 9.88 Å². The molecule has 1 fully saturated rings. The molecule has 2 aromatic rings. The zero-order chi connectivity index (χ0) is 12.1. The second-order valence-corrected chi connectivity index (χ2v) is 5.95. The summed E-state index contributed by atoms with van der Waals surface area (Å²) in [7, 11) is 0. The number of aromatic amines is 1. The van der Waals surface area contributed by atoms with Crippen LogP contribution in [0.25, 0.3) is 10.9 Å². The summed E-state index contributed by atoms with van der Waals surface area (Å²) in [4.78, 5) is 6.15. The molecule has 3 heteroatoms. The van der Waals surface area contributed by atoms with E-state index in [0.717, 1.165) is 18.1 Å². The first kappa shape index (κ1) is 10.8.